The number of rotatable bonds is 5. The standard InChI is InChI=1S/C12H19BrN2O/c1-8(2)7-10(16)5-6-11-12(13)9(3)14-15(11)4/h8H,5-7H2,1-4H3. The van der Waals surface area contributed by atoms with E-state index >= 15 is 0 Å². The molecule has 0 bridgehead atoms. The van der Waals surface area contributed by atoms with Crippen molar-refractivity contribution in [1.29, 1.82) is 0 Å². The predicted octanol–water partition coefficient (Wildman–Crippen LogP) is 3.04. The van der Waals surface area contributed by atoms with Crippen molar-refractivity contribution in [3.8, 4) is 0 Å². The Bertz CT molecular complexity index is 383. The first-order valence-corrected chi connectivity index (χ1v) is 6.40. The number of ketones is 1. The normalized spacial score (nSPS) is 11.1. The molecule has 1 heterocycles. The van der Waals surface area contributed by atoms with E-state index in [1.165, 1.54) is 0 Å². The second-order valence-corrected chi connectivity index (χ2v) is 5.40. The summed E-state index contributed by atoms with van der Waals surface area (Å²) in [6, 6.07) is 0. The Labute approximate surface area is 105 Å². The van der Waals surface area contributed by atoms with E-state index in [-0.39, 0.29) is 0 Å². The highest BCUT2D eigenvalue weighted by Gasteiger charge is 2.12. The van der Waals surface area contributed by atoms with Crippen LogP contribution in [0.25, 0.3) is 0 Å². The molecule has 0 aliphatic rings. The summed E-state index contributed by atoms with van der Waals surface area (Å²) in [5.74, 6) is 0.782. The Balaban J connectivity index is 2.58. The predicted molar refractivity (Wildman–Crippen MR) is 68.4 cm³/mol. The van der Waals surface area contributed by atoms with Gasteiger partial charge in [-0.1, -0.05) is 13.8 Å². The molecular weight excluding hydrogens is 268 g/mol. The maximum absolute atomic E-state index is 11.6. The summed E-state index contributed by atoms with van der Waals surface area (Å²) < 4.78 is 2.88. The molecule has 1 aromatic heterocycles. The van der Waals surface area contributed by atoms with Gasteiger partial charge in [0.05, 0.1) is 15.9 Å². The van der Waals surface area contributed by atoms with Crippen LogP contribution in [0.3, 0.4) is 0 Å². The maximum Gasteiger partial charge on any atom is 0.133 e. The fourth-order valence-corrected chi connectivity index (χ4v) is 2.30. The lowest BCUT2D eigenvalue weighted by atomic mass is 10.0. The summed E-state index contributed by atoms with van der Waals surface area (Å²) in [7, 11) is 1.92. The van der Waals surface area contributed by atoms with Gasteiger partial charge in [-0.05, 0) is 35.2 Å². The van der Waals surface area contributed by atoms with Crippen molar-refractivity contribution in [2.45, 2.75) is 40.0 Å². The third kappa shape index (κ3) is 3.44. The van der Waals surface area contributed by atoms with Crippen LogP contribution in [0.1, 0.15) is 38.1 Å². The highest BCUT2D eigenvalue weighted by Crippen LogP contribution is 2.21. The lowest BCUT2D eigenvalue weighted by Gasteiger charge is -2.05. The van der Waals surface area contributed by atoms with Gasteiger partial charge in [-0.25, -0.2) is 0 Å². The van der Waals surface area contributed by atoms with E-state index in [0.29, 0.717) is 24.5 Å². The molecule has 0 amide bonds. The molecule has 0 unspecified atom stereocenters. The van der Waals surface area contributed by atoms with Crippen LogP contribution in [0.5, 0.6) is 0 Å². The average Bonchev–Trinajstić information content (AvgIpc) is 2.38. The molecule has 0 radical (unpaired) electrons. The number of aryl methyl sites for hydroxylation is 2. The average molecular weight is 287 g/mol. The number of carbonyl (C=O) groups is 1. The fraction of sp³-hybridized carbons (Fsp3) is 0.667. The number of nitrogens with zero attached hydrogens (tertiary/aromatic N) is 2. The third-order valence-electron chi connectivity index (χ3n) is 2.54. The first-order chi connectivity index (χ1) is 7.41. The van der Waals surface area contributed by atoms with Crippen molar-refractivity contribution in [2.75, 3.05) is 0 Å². The Morgan fingerprint density at radius 3 is 2.56 bits per heavy atom. The van der Waals surface area contributed by atoms with Gasteiger partial charge in [0.2, 0.25) is 0 Å². The number of aromatic nitrogens is 2. The van der Waals surface area contributed by atoms with Crippen LogP contribution in [-0.2, 0) is 18.3 Å². The van der Waals surface area contributed by atoms with Crippen molar-refractivity contribution in [3.05, 3.63) is 15.9 Å². The summed E-state index contributed by atoms with van der Waals surface area (Å²) in [4.78, 5) is 11.6. The van der Waals surface area contributed by atoms with Crippen LogP contribution in [0.4, 0.5) is 0 Å². The molecule has 1 aromatic rings. The van der Waals surface area contributed by atoms with Crippen LogP contribution in [-0.4, -0.2) is 15.6 Å². The summed E-state index contributed by atoms with van der Waals surface area (Å²) in [5, 5.41) is 4.31. The van der Waals surface area contributed by atoms with Crippen molar-refractivity contribution in [1.82, 2.24) is 9.78 Å². The van der Waals surface area contributed by atoms with E-state index < -0.39 is 0 Å². The SMILES string of the molecule is Cc1nn(C)c(CCC(=O)CC(C)C)c1Br. The number of carbonyl (C=O) groups excluding carboxylic acids is 1. The Morgan fingerprint density at radius 1 is 1.50 bits per heavy atom. The molecular formula is C12H19BrN2O. The molecule has 90 valence electrons. The van der Waals surface area contributed by atoms with E-state index in [1.807, 2.05) is 18.7 Å². The zero-order chi connectivity index (χ0) is 12.3. The summed E-state index contributed by atoms with van der Waals surface area (Å²) in [6.07, 6.45) is 2.05. The van der Waals surface area contributed by atoms with Gasteiger partial charge in [0.25, 0.3) is 0 Å². The van der Waals surface area contributed by atoms with Crippen LogP contribution < -0.4 is 0 Å². The van der Waals surface area contributed by atoms with E-state index in [2.05, 4.69) is 34.9 Å². The van der Waals surface area contributed by atoms with E-state index in [9.17, 15) is 4.79 Å². The second kappa shape index (κ2) is 5.62. The minimum Gasteiger partial charge on any atom is -0.300 e. The molecule has 16 heavy (non-hydrogen) atoms. The molecule has 0 saturated carbocycles. The van der Waals surface area contributed by atoms with Crippen molar-refractivity contribution < 1.29 is 4.79 Å². The lowest BCUT2D eigenvalue weighted by molar-refractivity contribution is -0.119. The maximum atomic E-state index is 11.6. The molecule has 0 aromatic carbocycles. The summed E-state index contributed by atoms with van der Waals surface area (Å²) >= 11 is 3.51. The smallest absolute Gasteiger partial charge is 0.133 e. The number of halogens is 1. The van der Waals surface area contributed by atoms with Gasteiger partial charge in [0.1, 0.15) is 5.78 Å². The molecule has 0 spiro atoms. The fourth-order valence-electron chi connectivity index (χ4n) is 1.77. The van der Waals surface area contributed by atoms with E-state index in [0.717, 1.165) is 22.3 Å². The van der Waals surface area contributed by atoms with Crippen LogP contribution in [0.15, 0.2) is 4.47 Å². The zero-order valence-electron chi connectivity index (χ0n) is 10.4. The topological polar surface area (TPSA) is 34.9 Å². The van der Waals surface area contributed by atoms with Gasteiger partial charge in [-0.2, -0.15) is 5.10 Å². The van der Waals surface area contributed by atoms with Gasteiger partial charge in [0.15, 0.2) is 0 Å². The van der Waals surface area contributed by atoms with Gasteiger partial charge < -0.3 is 0 Å². The quantitative estimate of drug-likeness (QED) is 0.834. The van der Waals surface area contributed by atoms with Crippen molar-refractivity contribution in [2.24, 2.45) is 13.0 Å². The molecule has 1 rings (SSSR count). The van der Waals surface area contributed by atoms with Gasteiger partial charge in [0, 0.05) is 19.9 Å². The van der Waals surface area contributed by atoms with Crippen molar-refractivity contribution in [3.63, 3.8) is 0 Å². The van der Waals surface area contributed by atoms with Gasteiger partial charge in [-0.3, -0.25) is 9.48 Å². The Morgan fingerprint density at radius 2 is 2.12 bits per heavy atom. The number of hydrogen-bond donors (Lipinski definition) is 0. The van der Waals surface area contributed by atoms with Crippen LogP contribution in [0, 0.1) is 12.8 Å². The molecule has 3 nitrogen and oxygen atoms in total. The molecule has 0 aliphatic carbocycles. The molecule has 0 aliphatic heterocycles. The Hall–Kier alpha value is -0.640. The van der Waals surface area contributed by atoms with Crippen LogP contribution >= 0.6 is 15.9 Å². The van der Waals surface area contributed by atoms with E-state index in [1.54, 1.807) is 0 Å². The number of Topliss-reactive ketones (excluding diaryl/α,β-unsaturated/α-hetero) is 1. The number of hydrogen-bond acceptors (Lipinski definition) is 2. The highest BCUT2D eigenvalue weighted by molar-refractivity contribution is 9.10. The molecule has 0 saturated heterocycles. The first kappa shape index (κ1) is 13.4. The van der Waals surface area contributed by atoms with Gasteiger partial charge in [-0.15, -0.1) is 0 Å². The second-order valence-electron chi connectivity index (χ2n) is 4.61. The largest absolute Gasteiger partial charge is 0.300 e. The minimum absolute atomic E-state index is 0.334. The molecule has 0 fully saturated rings. The summed E-state index contributed by atoms with van der Waals surface area (Å²) in [5.41, 5.74) is 2.09. The minimum atomic E-state index is 0.334. The van der Waals surface area contributed by atoms with Gasteiger partial charge >= 0.3 is 0 Å². The van der Waals surface area contributed by atoms with E-state index in [4.69, 9.17) is 0 Å². The summed E-state index contributed by atoms with van der Waals surface area (Å²) in [6.45, 7) is 6.10. The monoisotopic (exact) mass is 286 g/mol. The van der Waals surface area contributed by atoms with Crippen molar-refractivity contribution >= 4 is 21.7 Å². The Kier molecular flexibility index (Phi) is 4.71. The third-order valence-corrected chi connectivity index (χ3v) is 3.57. The van der Waals surface area contributed by atoms with Crippen LogP contribution in [0.2, 0.25) is 0 Å². The zero-order valence-corrected chi connectivity index (χ0v) is 12.0. The molecule has 0 N–H and O–H groups in total. The molecule has 0 atom stereocenters. The highest BCUT2D eigenvalue weighted by atomic mass is 79.9. The lowest BCUT2D eigenvalue weighted by Crippen LogP contribution is -2.06. The first-order valence-electron chi connectivity index (χ1n) is 5.61. The molecule has 4 heteroatoms.